The van der Waals surface area contributed by atoms with Gasteiger partial charge in [0.05, 0.1) is 0 Å². The maximum Gasteiger partial charge on any atom is 0.165 e. The van der Waals surface area contributed by atoms with Crippen molar-refractivity contribution >= 4 is 17.5 Å². The lowest BCUT2D eigenvalue weighted by Crippen LogP contribution is -2.12. The minimum Gasteiger partial charge on any atom is -0.294 e. The molecule has 0 unspecified atom stereocenters. The van der Waals surface area contributed by atoms with E-state index in [9.17, 15) is 4.79 Å². The Balaban J connectivity index is 2.70. The topological polar surface area (TPSA) is 17.1 Å². The Morgan fingerprint density at radius 1 is 1.22 bits per heavy atom. The molecule has 1 aromatic rings. The fourth-order valence-corrected chi connectivity index (χ4v) is 2.56. The van der Waals surface area contributed by atoms with Gasteiger partial charge in [0.1, 0.15) is 0 Å². The summed E-state index contributed by atoms with van der Waals surface area (Å²) in [5, 5.41) is 0. The van der Waals surface area contributed by atoms with Crippen molar-refractivity contribution in [2.45, 2.75) is 38.5 Å². The second-order valence-electron chi connectivity index (χ2n) is 4.65. The third kappa shape index (κ3) is 4.34. The molecule has 0 aliphatic rings. The van der Waals surface area contributed by atoms with Crippen molar-refractivity contribution < 1.29 is 4.79 Å². The number of carbonyl (C=O) groups excluding carboxylic acids is 1. The fourth-order valence-electron chi connectivity index (χ4n) is 1.82. The Labute approximate surface area is 115 Å². The van der Waals surface area contributed by atoms with Gasteiger partial charge in [-0.15, -0.1) is 11.8 Å². The van der Waals surface area contributed by atoms with E-state index in [0.29, 0.717) is 0 Å². The van der Waals surface area contributed by atoms with Gasteiger partial charge >= 0.3 is 0 Å². The van der Waals surface area contributed by atoms with Gasteiger partial charge in [0.2, 0.25) is 0 Å². The molecule has 0 spiro atoms. The lowest BCUT2D eigenvalue weighted by atomic mass is 9.93. The predicted octanol–water partition coefficient (Wildman–Crippen LogP) is 4.97. The van der Waals surface area contributed by atoms with Crippen molar-refractivity contribution in [2.24, 2.45) is 5.92 Å². The molecule has 0 aliphatic carbocycles. The smallest absolute Gasteiger partial charge is 0.165 e. The van der Waals surface area contributed by atoms with Gasteiger partial charge in [-0.25, -0.2) is 0 Å². The van der Waals surface area contributed by atoms with E-state index in [1.165, 1.54) is 4.90 Å². The van der Waals surface area contributed by atoms with E-state index in [2.05, 4.69) is 20.4 Å². The summed E-state index contributed by atoms with van der Waals surface area (Å²) in [5.74, 6) is 1.37. The predicted molar refractivity (Wildman–Crippen MR) is 80.4 cm³/mol. The zero-order chi connectivity index (χ0) is 13.5. The van der Waals surface area contributed by atoms with Crippen molar-refractivity contribution in [3.63, 3.8) is 0 Å². The average Bonchev–Trinajstić information content (AvgIpc) is 2.38. The zero-order valence-corrected chi connectivity index (χ0v) is 12.3. The molecule has 0 heterocycles. The van der Waals surface area contributed by atoms with Gasteiger partial charge in [-0.2, -0.15) is 0 Å². The van der Waals surface area contributed by atoms with Crippen LogP contribution in [0.1, 0.15) is 44.0 Å². The average molecular weight is 262 g/mol. The number of carbonyl (C=O) groups is 1. The third-order valence-electron chi connectivity index (χ3n) is 2.98. The first kappa shape index (κ1) is 15.0. The normalized spacial score (nSPS) is 10.7. The minimum absolute atomic E-state index is 0.166. The lowest BCUT2D eigenvalue weighted by Gasteiger charge is -2.11. The number of ketones is 1. The molecule has 0 N–H and O–H groups in total. The van der Waals surface area contributed by atoms with Crippen molar-refractivity contribution in [1.29, 1.82) is 0 Å². The monoisotopic (exact) mass is 262 g/mol. The third-order valence-corrected chi connectivity index (χ3v) is 4.22. The molecule has 0 aromatic heterocycles. The van der Waals surface area contributed by atoms with E-state index < -0.39 is 0 Å². The summed E-state index contributed by atoms with van der Waals surface area (Å²) in [4.78, 5) is 13.4. The molecule has 18 heavy (non-hydrogen) atoms. The quantitative estimate of drug-likeness (QED) is 0.392. The zero-order valence-electron chi connectivity index (χ0n) is 11.5. The first-order chi connectivity index (χ1) is 8.58. The van der Waals surface area contributed by atoms with Gasteiger partial charge in [0.15, 0.2) is 5.78 Å². The molecule has 1 rings (SSSR count). The Bertz CT molecular complexity index is 402. The molecule has 1 nitrogen and oxygen atoms in total. The fraction of sp³-hybridized carbons (Fsp3) is 0.438. The van der Waals surface area contributed by atoms with Crippen LogP contribution in [0.3, 0.4) is 0 Å². The molecule has 0 radical (unpaired) electrons. The lowest BCUT2D eigenvalue weighted by molar-refractivity contribution is 0.0913. The number of hydrogen-bond acceptors (Lipinski definition) is 2. The number of hydrogen-bond donors (Lipinski definition) is 0. The van der Waals surface area contributed by atoms with Gasteiger partial charge in [-0.05, 0) is 31.9 Å². The van der Waals surface area contributed by atoms with Gasteiger partial charge < -0.3 is 0 Å². The summed E-state index contributed by atoms with van der Waals surface area (Å²) in [6.07, 6.45) is 1.84. The van der Waals surface area contributed by atoms with Crippen molar-refractivity contribution in [3.8, 4) is 0 Å². The van der Waals surface area contributed by atoms with Gasteiger partial charge in [0, 0.05) is 22.1 Å². The summed E-state index contributed by atoms with van der Waals surface area (Å²) in [6, 6.07) is 7.95. The molecule has 0 atom stereocenters. The molecule has 2 heteroatoms. The maximum absolute atomic E-state index is 12.2. The van der Waals surface area contributed by atoms with Crippen LogP contribution >= 0.6 is 11.8 Å². The highest BCUT2D eigenvalue weighted by molar-refractivity contribution is 7.99. The summed E-state index contributed by atoms with van der Waals surface area (Å²) in [7, 11) is 0. The van der Waals surface area contributed by atoms with Crippen LogP contribution in [0, 0.1) is 5.92 Å². The number of rotatable bonds is 7. The summed E-state index contributed by atoms with van der Waals surface area (Å²) >= 11 is 1.76. The van der Waals surface area contributed by atoms with Crippen molar-refractivity contribution in [3.05, 3.63) is 42.0 Å². The molecule has 98 valence electrons. The van der Waals surface area contributed by atoms with Crippen LogP contribution in [0.15, 0.2) is 41.3 Å². The van der Waals surface area contributed by atoms with Crippen LogP contribution in [0.2, 0.25) is 0 Å². The Hall–Kier alpha value is -1.02. The van der Waals surface area contributed by atoms with Crippen LogP contribution in [-0.2, 0) is 0 Å². The van der Waals surface area contributed by atoms with Crippen LogP contribution in [0.5, 0.6) is 0 Å². The second-order valence-corrected chi connectivity index (χ2v) is 5.70. The van der Waals surface area contributed by atoms with Crippen LogP contribution < -0.4 is 0 Å². The largest absolute Gasteiger partial charge is 0.294 e. The maximum atomic E-state index is 12.2. The second kappa shape index (κ2) is 7.42. The summed E-state index contributed by atoms with van der Waals surface area (Å²) < 4.78 is 0. The SMILES string of the molecule is C=C(C)CSc1ccc(C(=O)C(CC)CC)cc1. The van der Waals surface area contributed by atoms with Crippen molar-refractivity contribution in [2.75, 3.05) is 5.75 Å². The van der Waals surface area contributed by atoms with Gasteiger partial charge in [-0.3, -0.25) is 4.79 Å². The summed E-state index contributed by atoms with van der Waals surface area (Å²) in [5.41, 5.74) is 2.00. The number of Topliss-reactive ketones (excluding diaryl/α,β-unsaturated/α-hetero) is 1. The molecular weight excluding hydrogens is 240 g/mol. The summed E-state index contributed by atoms with van der Waals surface area (Å²) in [6.45, 7) is 10.1. The van der Waals surface area contributed by atoms with E-state index >= 15 is 0 Å². The first-order valence-electron chi connectivity index (χ1n) is 6.49. The van der Waals surface area contributed by atoms with Crippen molar-refractivity contribution in [1.82, 2.24) is 0 Å². The Morgan fingerprint density at radius 3 is 2.22 bits per heavy atom. The standard InChI is InChI=1S/C16H22OS/c1-5-13(6-2)16(17)14-7-9-15(10-8-14)18-11-12(3)4/h7-10,13H,3,5-6,11H2,1-2,4H3. The van der Waals surface area contributed by atoms with Gasteiger partial charge in [-0.1, -0.05) is 38.1 Å². The van der Waals surface area contributed by atoms with Crippen LogP contribution in [0.4, 0.5) is 0 Å². The molecule has 0 aliphatic heterocycles. The van der Waals surface area contributed by atoms with E-state index in [0.717, 1.165) is 29.7 Å². The number of benzene rings is 1. The van der Waals surface area contributed by atoms with E-state index in [-0.39, 0.29) is 11.7 Å². The molecule has 0 saturated carbocycles. The van der Waals surface area contributed by atoms with E-state index in [1.54, 1.807) is 11.8 Å². The van der Waals surface area contributed by atoms with Crippen LogP contribution in [-0.4, -0.2) is 11.5 Å². The molecule has 1 aromatic carbocycles. The number of thioether (sulfide) groups is 1. The molecule has 0 fully saturated rings. The van der Waals surface area contributed by atoms with Crippen LogP contribution in [0.25, 0.3) is 0 Å². The molecule has 0 amide bonds. The Morgan fingerprint density at radius 2 is 1.78 bits per heavy atom. The van der Waals surface area contributed by atoms with E-state index in [4.69, 9.17) is 0 Å². The molecular formula is C16H22OS. The highest BCUT2D eigenvalue weighted by Crippen LogP contribution is 2.22. The van der Waals surface area contributed by atoms with Gasteiger partial charge in [0.25, 0.3) is 0 Å². The molecule has 0 bridgehead atoms. The highest BCUT2D eigenvalue weighted by Gasteiger charge is 2.15. The minimum atomic E-state index is 0.166. The highest BCUT2D eigenvalue weighted by atomic mass is 32.2. The Kier molecular flexibility index (Phi) is 6.20. The first-order valence-corrected chi connectivity index (χ1v) is 7.48. The van der Waals surface area contributed by atoms with E-state index in [1.807, 2.05) is 31.2 Å². The molecule has 0 saturated heterocycles.